The summed E-state index contributed by atoms with van der Waals surface area (Å²) in [6.45, 7) is 0.292. The Hall–Kier alpha value is -2.05. The molecule has 0 aromatic heterocycles. The van der Waals surface area contributed by atoms with Crippen molar-refractivity contribution < 1.29 is 14.0 Å². The maximum Gasteiger partial charge on any atom is 0.339 e. The molecule has 2 amide bonds. The van der Waals surface area contributed by atoms with Gasteiger partial charge in [-0.1, -0.05) is 42.5 Å². The van der Waals surface area contributed by atoms with Crippen LogP contribution < -0.4 is 10.8 Å². The van der Waals surface area contributed by atoms with Crippen LogP contribution in [0.25, 0.3) is 0 Å². The molecule has 0 fully saturated rings. The zero-order valence-electron chi connectivity index (χ0n) is 12.4. The molecule has 0 spiro atoms. The van der Waals surface area contributed by atoms with Crippen LogP contribution in [0.4, 0.5) is 9.18 Å². The molecule has 6 heteroatoms. The van der Waals surface area contributed by atoms with Gasteiger partial charge in [0.1, 0.15) is 5.82 Å². The number of hydroxylamine groups is 1. The van der Waals surface area contributed by atoms with Gasteiger partial charge >= 0.3 is 6.03 Å². The first-order chi connectivity index (χ1) is 11.2. The van der Waals surface area contributed by atoms with Gasteiger partial charge in [-0.05, 0) is 23.6 Å². The number of fused-ring (bicyclic) bond motifs is 1. The summed E-state index contributed by atoms with van der Waals surface area (Å²) in [4.78, 5) is 17.8. The summed E-state index contributed by atoms with van der Waals surface area (Å²) in [5, 5.41) is 2.83. The number of hydrogen-bond donors (Lipinski definition) is 2. The average Bonchev–Trinajstić information content (AvgIpc) is 2.57. The van der Waals surface area contributed by atoms with E-state index in [1.54, 1.807) is 6.07 Å². The Morgan fingerprint density at radius 2 is 2.04 bits per heavy atom. The largest absolute Gasteiger partial charge is 0.339 e. The van der Waals surface area contributed by atoms with E-state index in [1.165, 1.54) is 17.8 Å². The molecule has 23 heavy (non-hydrogen) atoms. The SMILES string of the molecule is O=C(NOCc1ccccc1)NC1CCSc2c(F)cccc21. The van der Waals surface area contributed by atoms with E-state index in [-0.39, 0.29) is 11.9 Å². The molecule has 1 heterocycles. The average molecular weight is 332 g/mol. The lowest BCUT2D eigenvalue weighted by molar-refractivity contribution is 0.0480. The number of carbonyl (C=O) groups excluding carboxylic acids is 1. The van der Waals surface area contributed by atoms with Crippen molar-refractivity contribution in [3.8, 4) is 0 Å². The van der Waals surface area contributed by atoms with Crippen LogP contribution >= 0.6 is 11.8 Å². The molecule has 4 nitrogen and oxygen atoms in total. The number of hydrogen-bond acceptors (Lipinski definition) is 3. The van der Waals surface area contributed by atoms with Crippen LogP contribution in [0.2, 0.25) is 0 Å². The lowest BCUT2D eigenvalue weighted by Crippen LogP contribution is -2.39. The predicted molar refractivity (Wildman–Crippen MR) is 87.4 cm³/mol. The van der Waals surface area contributed by atoms with Crippen LogP contribution in [0.3, 0.4) is 0 Å². The molecule has 0 bridgehead atoms. The first-order valence-corrected chi connectivity index (χ1v) is 8.36. The molecule has 2 N–H and O–H groups in total. The third-order valence-electron chi connectivity index (χ3n) is 3.58. The monoisotopic (exact) mass is 332 g/mol. The van der Waals surface area contributed by atoms with Crippen molar-refractivity contribution in [1.29, 1.82) is 0 Å². The van der Waals surface area contributed by atoms with Gasteiger partial charge in [-0.3, -0.25) is 4.84 Å². The molecule has 0 aliphatic carbocycles. The standard InChI is InChI=1S/C17H17FN2O2S/c18-14-8-4-7-13-15(9-10-23-16(13)14)19-17(21)20-22-11-12-5-2-1-3-6-12/h1-8,15H,9-11H2,(H2,19,20,21). The number of halogens is 1. The van der Waals surface area contributed by atoms with Gasteiger partial charge in [0.2, 0.25) is 0 Å². The molecule has 1 aliphatic rings. The maximum atomic E-state index is 13.8. The Labute approximate surface area is 138 Å². The highest BCUT2D eigenvalue weighted by molar-refractivity contribution is 7.99. The Kier molecular flexibility index (Phi) is 5.15. The summed E-state index contributed by atoms with van der Waals surface area (Å²) < 4.78 is 13.8. The van der Waals surface area contributed by atoms with Crippen molar-refractivity contribution in [2.24, 2.45) is 0 Å². The van der Waals surface area contributed by atoms with E-state index >= 15 is 0 Å². The highest BCUT2D eigenvalue weighted by Crippen LogP contribution is 2.37. The smallest absolute Gasteiger partial charge is 0.330 e. The van der Waals surface area contributed by atoms with Crippen LogP contribution in [0.5, 0.6) is 0 Å². The molecule has 2 aromatic rings. The Bertz CT molecular complexity index is 682. The van der Waals surface area contributed by atoms with Crippen molar-refractivity contribution in [1.82, 2.24) is 10.8 Å². The highest BCUT2D eigenvalue weighted by Gasteiger charge is 2.24. The Balaban J connectivity index is 1.54. The number of rotatable bonds is 4. The van der Waals surface area contributed by atoms with Crippen molar-refractivity contribution in [2.75, 3.05) is 5.75 Å². The molecule has 1 atom stereocenters. The lowest BCUT2D eigenvalue weighted by Gasteiger charge is -2.26. The molecule has 120 valence electrons. The van der Waals surface area contributed by atoms with Crippen LogP contribution in [0, 0.1) is 5.82 Å². The van der Waals surface area contributed by atoms with Gasteiger partial charge in [0.05, 0.1) is 12.6 Å². The third-order valence-corrected chi connectivity index (χ3v) is 4.74. The van der Waals surface area contributed by atoms with Gasteiger partial charge in [-0.25, -0.2) is 14.7 Å². The minimum Gasteiger partial charge on any atom is -0.330 e. The van der Waals surface area contributed by atoms with Crippen LogP contribution in [-0.4, -0.2) is 11.8 Å². The summed E-state index contributed by atoms with van der Waals surface area (Å²) in [5.41, 5.74) is 4.16. The highest BCUT2D eigenvalue weighted by atomic mass is 32.2. The zero-order valence-corrected chi connectivity index (χ0v) is 13.2. The molecule has 1 aliphatic heterocycles. The van der Waals surface area contributed by atoms with E-state index in [0.717, 1.165) is 23.3 Å². The number of benzene rings is 2. The minimum absolute atomic E-state index is 0.206. The van der Waals surface area contributed by atoms with Crippen molar-refractivity contribution in [3.05, 3.63) is 65.5 Å². The topological polar surface area (TPSA) is 50.4 Å². The fourth-order valence-electron chi connectivity index (χ4n) is 2.48. The van der Waals surface area contributed by atoms with Crippen molar-refractivity contribution in [3.63, 3.8) is 0 Å². The first-order valence-electron chi connectivity index (χ1n) is 7.37. The molecule has 0 saturated heterocycles. The van der Waals surface area contributed by atoms with E-state index in [2.05, 4.69) is 10.8 Å². The van der Waals surface area contributed by atoms with Gasteiger partial charge in [0.15, 0.2) is 0 Å². The summed E-state index contributed by atoms with van der Waals surface area (Å²) in [6.07, 6.45) is 0.757. The number of carbonyl (C=O) groups is 1. The quantitative estimate of drug-likeness (QED) is 0.838. The Morgan fingerprint density at radius 3 is 2.87 bits per heavy atom. The van der Waals surface area contributed by atoms with Gasteiger partial charge in [-0.2, -0.15) is 0 Å². The molecule has 1 unspecified atom stereocenters. The summed E-state index contributed by atoms with van der Waals surface area (Å²) in [7, 11) is 0. The van der Waals surface area contributed by atoms with Gasteiger partial charge in [-0.15, -0.1) is 11.8 Å². The molecular weight excluding hydrogens is 315 g/mol. The normalized spacial score (nSPS) is 16.5. The maximum absolute atomic E-state index is 13.8. The summed E-state index contributed by atoms with van der Waals surface area (Å²) in [5.74, 6) is 0.531. The number of amides is 2. The number of nitrogens with one attached hydrogen (secondary N) is 2. The lowest BCUT2D eigenvalue weighted by atomic mass is 10.0. The van der Waals surface area contributed by atoms with E-state index < -0.39 is 6.03 Å². The number of thioether (sulfide) groups is 1. The van der Waals surface area contributed by atoms with Gasteiger partial charge in [0.25, 0.3) is 0 Å². The molecule has 2 aromatic carbocycles. The second-order valence-corrected chi connectivity index (χ2v) is 6.30. The molecule has 0 radical (unpaired) electrons. The fourth-order valence-corrected chi connectivity index (χ4v) is 3.62. The first kappa shape index (κ1) is 15.8. The van der Waals surface area contributed by atoms with E-state index in [9.17, 15) is 9.18 Å². The summed E-state index contributed by atoms with van der Waals surface area (Å²) in [6, 6.07) is 13.9. The second-order valence-electron chi connectivity index (χ2n) is 5.20. The van der Waals surface area contributed by atoms with Crippen LogP contribution in [-0.2, 0) is 11.4 Å². The summed E-state index contributed by atoms with van der Waals surface area (Å²) >= 11 is 1.48. The minimum atomic E-state index is -0.423. The number of urea groups is 1. The third kappa shape index (κ3) is 4.03. The van der Waals surface area contributed by atoms with E-state index in [4.69, 9.17) is 4.84 Å². The molecule has 3 rings (SSSR count). The van der Waals surface area contributed by atoms with Gasteiger partial charge < -0.3 is 5.32 Å². The zero-order chi connectivity index (χ0) is 16.1. The fraction of sp³-hybridized carbons (Fsp3) is 0.235. The molecular formula is C17H17FN2O2S. The van der Waals surface area contributed by atoms with Gasteiger partial charge in [0, 0.05) is 10.6 Å². The van der Waals surface area contributed by atoms with Crippen LogP contribution in [0.15, 0.2) is 53.4 Å². The van der Waals surface area contributed by atoms with E-state index in [0.29, 0.717) is 11.5 Å². The van der Waals surface area contributed by atoms with Crippen molar-refractivity contribution in [2.45, 2.75) is 24.0 Å². The molecule has 0 saturated carbocycles. The second kappa shape index (κ2) is 7.48. The van der Waals surface area contributed by atoms with E-state index in [1.807, 2.05) is 36.4 Å². The van der Waals surface area contributed by atoms with Crippen LogP contribution in [0.1, 0.15) is 23.6 Å². The van der Waals surface area contributed by atoms with Crippen molar-refractivity contribution >= 4 is 17.8 Å². The predicted octanol–water partition coefficient (Wildman–Crippen LogP) is 3.79. The Morgan fingerprint density at radius 1 is 1.22 bits per heavy atom.